The highest BCUT2D eigenvalue weighted by Crippen LogP contribution is 2.46. The largest absolute Gasteiger partial charge is 0.485 e. The molecule has 3 heterocycles. The summed E-state index contributed by atoms with van der Waals surface area (Å²) in [6, 6.07) is 7.20. The Morgan fingerprint density at radius 2 is 2.15 bits per heavy atom. The Balaban J connectivity index is 1.76. The van der Waals surface area contributed by atoms with Crippen molar-refractivity contribution in [1.29, 1.82) is 0 Å². The van der Waals surface area contributed by atoms with Gasteiger partial charge in [0.05, 0.1) is 0 Å². The van der Waals surface area contributed by atoms with E-state index in [0.717, 1.165) is 25.9 Å². The third-order valence-corrected chi connectivity index (χ3v) is 5.27. The number of nitrogens with one attached hydrogen (secondary N) is 1. The number of hydrogen-bond donors (Lipinski definition) is 1. The van der Waals surface area contributed by atoms with Crippen LogP contribution in [0.2, 0.25) is 0 Å². The van der Waals surface area contributed by atoms with Crippen LogP contribution < -0.4 is 10.1 Å². The number of fused-ring (bicyclic) bond motifs is 1. The summed E-state index contributed by atoms with van der Waals surface area (Å²) < 4.78 is 6.51. The maximum absolute atomic E-state index is 6.51. The molecule has 1 aromatic carbocycles. The highest BCUT2D eigenvalue weighted by Gasteiger charge is 2.45. The van der Waals surface area contributed by atoms with Crippen molar-refractivity contribution in [2.75, 3.05) is 26.2 Å². The van der Waals surface area contributed by atoms with Gasteiger partial charge < -0.3 is 10.1 Å². The van der Waals surface area contributed by atoms with Gasteiger partial charge in [0.15, 0.2) is 0 Å². The van der Waals surface area contributed by atoms with Crippen LogP contribution in [-0.2, 0) is 0 Å². The van der Waals surface area contributed by atoms with Crippen molar-refractivity contribution >= 4 is 0 Å². The van der Waals surface area contributed by atoms with Gasteiger partial charge in [0.1, 0.15) is 11.4 Å². The lowest BCUT2D eigenvalue weighted by atomic mass is 9.85. The van der Waals surface area contributed by atoms with Crippen LogP contribution in [0.5, 0.6) is 5.75 Å². The van der Waals surface area contributed by atoms with Gasteiger partial charge in [-0.25, -0.2) is 0 Å². The number of likely N-dealkylation sites (tertiary alicyclic amines) is 1. The lowest BCUT2D eigenvalue weighted by Gasteiger charge is -2.43. The van der Waals surface area contributed by atoms with E-state index < -0.39 is 0 Å². The van der Waals surface area contributed by atoms with Crippen molar-refractivity contribution in [3.05, 3.63) is 29.3 Å². The minimum absolute atomic E-state index is 0.0341. The zero-order valence-electron chi connectivity index (χ0n) is 12.3. The molecule has 3 aliphatic rings. The molecule has 108 valence electrons. The number of rotatable bonds is 1. The first kappa shape index (κ1) is 12.7. The van der Waals surface area contributed by atoms with Crippen molar-refractivity contribution in [2.24, 2.45) is 0 Å². The van der Waals surface area contributed by atoms with E-state index >= 15 is 0 Å². The van der Waals surface area contributed by atoms with Gasteiger partial charge in [0.25, 0.3) is 0 Å². The van der Waals surface area contributed by atoms with Gasteiger partial charge in [-0.1, -0.05) is 18.2 Å². The summed E-state index contributed by atoms with van der Waals surface area (Å²) in [6.07, 6.45) is 5.00. The minimum Gasteiger partial charge on any atom is -0.485 e. The first-order valence-corrected chi connectivity index (χ1v) is 8.01. The minimum atomic E-state index is 0.0341. The lowest BCUT2D eigenvalue weighted by Crippen LogP contribution is -2.46. The molecule has 2 unspecified atom stereocenters. The molecule has 2 saturated heterocycles. The van der Waals surface area contributed by atoms with Crippen molar-refractivity contribution in [3.63, 3.8) is 0 Å². The van der Waals surface area contributed by atoms with E-state index in [-0.39, 0.29) is 5.60 Å². The Labute approximate surface area is 121 Å². The molecule has 2 fully saturated rings. The van der Waals surface area contributed by atoms with Crippen molar-refractivity contribution < 1.29 is 4.74 Å². The molecule has 0 bridgehead atoms. The Morgan fingerprint density at radius 3 is 2.90 bits per heavy atom. The van der Waals surface area contributed by atoms with E-state index in [1.807, 2.05) is 0 Å². The molecular weight excluding hydrogens is 248 g/mol. The molecule has 0 saturated carbocycles. The molecule has 2 atom stereocenters. The third-order valence-electron chi connectivity index (χ3n) is 5.27. The van der Waals surface area contributed by atoms with Gasteiger partial charge >= 0.3 is 0 Å². The Hall–Kier alpha value is -1.06. The zero-order chi connectivity index (χ0) is 13.6. The number of hydrogen-bond acceptors (Lipinski definition) is 3. The number of nitrogens with zero attached hydrogens (tertiary/aromatic N) is 1. The molecular formula is C17H24N2O. The van der Waals surface area contributed by atoms with Crippen LogP contribution in [-0.4, -0.2) is 36.7 Å². The van der Waals surface area contributed by atoms with Crippen molar-refractivity contribution in [3.8, 4) is 5.75 Å². The number of aryl methyl sites for hydroxylation is 1. The second-order valence-electron chi connectivity index (χ2n) is 6.67. The highest BCUT2D eigenvalue weighted by atomic mass is 16.5. The average Bonchev–Trinajstić information content (AvgIpc) is 3.11. The third kappa shape index (κ3) is 1.95. The molecule has 1 N–H and O–H groups in total. The monoisotopic (exact) mass is 272 g/mol. The van der Waals surface area contributed by atoms with Gasteiger partial charge in [-0.2, -0.15) is 0 Å². The van der Waals surface area contributed by atoms with Crippen molar-refractivity contribution in [1.82, 2.24) is 10.2 Å². The Morgan fingerprint density at radius 1 is 1.30 bits per heavy atom. The molecule has 3 aliphatic heterocycles. The van der Waals surface area contributed by atoms with Gasteiger partial charge in [0, 0.05) is 31.0 Å². The topological polar surface area (TPSA) is 24.5 Å². The normalized spacial score (nSPS) is 33.4. The summed E-state index contributed by atoms with van der Waals surface area (Å²) in [7, 11) is 0. The summed E-state index contributed by atoms with van der Waals surface area (Å²) in [5.74, 6) is 1.17. The van der Waals surface area contributed by atoms with E-state index in [1.54, 1.807) is 0 Å². The maximum Gasteiger partial charge on any atom is 0.127 e. The van der Waals surface area contributed by atoms with E-state index in [0.29, 0.717) is 6.04 Å². The van der Waals surface area contributed by atoms with Gasteiger partial charge in [-0.3, -0.25) is 4.90 Å². The van der Waals surface area contributed by atoms with Gasteiger partial charge in [0.2, 0.25) is 0 Å². The fourth-order valence-corrected chi connectivity index (χ4v) is 4.16. The second kappa shape index (κ2) is 4.74. The Bertz CT molecular complexity index is 502. The summed E-state index contributed by atoms with van der Waals surface area (Å²) in [5, 5.41) is 3.50. The molecule has 20 heavy (non-hydrogen) atoms. The molecule has 3 heteroatoms. The van der Waals surface area contributed by atoms with Crippen molar-refractivity contribution in [2.45, 2.75) is 44.2 Å². The van der Waals surface area contributed by atoms with Crippen LogP contribution in [0.4, 0.5) is 0 Å². The Kier molecular flexibility index (Phi) is 3.00. The van der Waals surface area contributed by atoms with E-state index in [2.05, 4.69) is 35.3 Å². The molecule has 4 rings (SSSR count). The second-order valence-corrected chi connectivity index (χ2v) is 6.67. The number of ether oxygens (including phenoxy) is 1. The maximum atomic E-state index is 6.51. The summed E-state index contributed by atoms with van der Waals surface area (Å²) >= 11 is 0. The molecule has 0 amide bonds. The van der Waals surface area contributed by atoms with Gasteiger partial charge in [-0.15, -0.1) is 0 Å². The number of para-hydroxylation sites is 1. The molecule has 0 aliphatic carbocycles. The van der Waals surface area contributed by atoms with E-state index in [1.165, 1.54) is 42.8 Å². The van der Waals surface area contributed by atoms with Crippen LogP contribution in [0.25, 0.3) is 0 Å². The SMILES string of the molecule is Cc1cccc2c1OC1(CCNC1)CC2N1CCCC1. The standard InChI is InChI=1S/C17H24N2O/c1-13-5-4-6-14-15(19-9-2-3-10-19)11-17(20-16(13)14)7-8-18-12-17/h4-6,15,18H,2-3,7-12H2,1H3. The zero-order valence-corrected chi connectivity index (χ0v) is 12.3. The quantitative estimate of drug-likeness (QED) is 0.850. The molecule has 0 aromatic heterocycles. The molecule has 1 spiro atoms. The summed E-state index contributed by atoms with van der Waals surface area (Å²) in [4.78, 5) is 2.68. The van der Waals surface area contributed by atoms with E-state index in [4.69, 9.17) is 4.74 Å². The molecule has 1 aromatic rings. The smallest absolute Gasteiger partial charge is 0.127 e. The average molecular weight is 272 g/mol. The fraction of sp³-hybridized carbons (Fsp3) is 0.647. The van der Waals surface area contributed by atoms with Crippen LogP contribution in [0, 0.1) is 6.92 Å². The predicted octanol–water partition coefficient (Wildman–Crippen LogP) is 2.65. The highest BCUT2D eigenvalue weighted by molar-refractivity contribution is 5.45. The summed E-state index contributed by atoms with van der Waals surface area (Å²) in [6.45, 7) is 6.78. The lowest BCUT2D eigenvalue weighted by molar-refractivity contribution is 0.0221. The van der Waals surface area contributed by atoms with Crippen LogP contribution >= 0.6 is 0 Å². The summed E-state index contributed by atoms with van der Waals surface area (Å²) in [5.41, 5.74) is 2.74. The number of benzene rings is 1. The fourth-order valence-electron chi connectivity index (χ4n) is 4.16. The first-order valence-electron chi connectivity index (χ1n) is 8.01. The molecule has 0 radical (unpaired) electrons. The van der Waals surface area contributed by atoms with Crippen LogP contribution in [0.3, 0.4) is 0 Å². The van der Waals surface area contributed by atoms with E-state index in [9.17, 15) is 0 Å². The first-order chi connectivity index (χ1) is 9.77. The van der Waals surface area contributed by atoms with Crippen LogP contribution in [0.15, 0.2) is 18.2 Å². The predicted molar refractivity (Wildman–Crippen MR) is 80.2 cm³/mol. The van der Waals surface area contributed by atoms with Crippen LogP contribution in [0.1, 0.15) is 42.9 Å². The molecule has 3 nitrogen and oxygen atoms in total. The van der Waals surface area contributed by atoms with Gasteiger partial charge in [-0.05, 0) is 45.0 Å².